The minimum absolute atomic E-state index is 0.00815. The number of carbonyl (C=O) groups is 2. The molecule has 2 unspecified atom stereocenters. The average Bonchev–Trinajstić information content (AvgIpc) is 2.62. The van der Waals surface area contributed by atoms with Crippen molar-refractivity contribution in [2.75, 3.05) is 13.1 Å². The van der Waals surface area contributed by atoms with E-state index in [2.05, 4.69) is 17.6 Å². The van der Waals surface area contributed by atoms with Crippen LogP contribution < -0.4 is 10.6 Å². The minimum atomic E-state index is -5.08. The Morgan fingerprint density at radius 3 is 2.29 bits per heavy atom. The number of nitrogens with zero attached hydrogens (tertiary/aromatic N) is 1. The first kappa shape index (κ1) is 24.0. The summed E-state index contributed by atoms with van der Waals surface area (Å²) in [6.07, 6.45) is -2.94. The fourth-order valence-electron chi connectivity index (χ4n) is 2.53. The van der Waals surface area contributed by atoms with Crippen molar-refractivity contribution in [3.63, 3.8) is 0 Å². The maximum Gasteiger partial charge on any atom is 0.490 e. The maximum absolute atomic E-state index is 12.4. The van der Waals surface area contributed by atoms with E-state index in [-0.39, 0.29) is 12.1 Å². The Bertz CT molecular complexity index is 633. The molecule has 1 heterocycles. The summed E-state index contributed by atoms with van der Waals surface area (Å²) in [5, 5.41) is 14.4. The van der Waals surface area contributed by atoms with Crippen molar-refractivity contribution < 1.29 is 27.9 Å². The highest BCUT2D eigenvalue weighted by atomic mass is 35.5. The molecule has 1 saturated heterocycles. The molecule has 2 atom stereocenters. The molecule has 0 aliphatic carbocycles. The van der Waals surface area contributed by atoms with E-state index in [0.717, 1.165) is 24.9 Å². The number of nitrogens with one attached hydrogen (secondary N) is 2. The Kier molecular flexibility index (Phi) is 9.54. The molecule has 2 amide bonds. The van der Waals surface area contributed by atoms with Crippen LogP contribution in [0.4, 0.5) is 18.0 Å². The number of aliphatic carboxylic acids is 1. The molecule has 3 N–H and O–H groups in total. The van der Waals surface area contributed by atoms with Crippen molar-refractivity contribution >= 4 is 23.6 Å². The smallest absolute Gasteiger partial charge is 0.475 e. The number of halogens is 4. The Labute approximate surface area is 167 Å². The van der Waals surface area contributed by atoms with Crippen LogP contribution in [0.2, 0.25) is 5.02 Å². The Balaban J connectivity index is 0.000000480. The van der Waals surface area contributed by atoms with Gasteiger partial charge in [-0.05, 0) is 44.4 Å². The van der Waals surface area contributed by atoms with Gasteiger partial charge in [0.2, 0.25) is 0 Å². The first-order valence-corrected chi connectivity index (χ1v) is 9.24. The zero-order chi connectivity index (χ0) is 21.3. The van der Waals surface area contributed by atoms with E-state index in [9.17, 15) is 18.0 Å². The van der Waals surface area contributed by atoms with Crippen LogP contribution in [0.1, 0.15) is 32.3 Å². The summed E-state index contributed by atoms with van der Waals surface area (Å²) in [5.41, 5.74) is 1.09. The highest BCUT2D eigenvalue weighted by Crippen LogP contribution is 2.13. The van der Waals surface area contributed by atoms with E-state index in [1.807, 2.05) is 36.1 Å². The van der Waals surface area contributed by atoms with E-state index in [0.29, 0.717) is 24.2 Å². The second kappa shape index (κ2) is 11.1. The zero-order valence-corrected chi connectivity index (χ0v) is 16.5. The van der Waals surface area contributed by atoms with Crippen molar-refractivity contribution in [2.24, 2.45) is 0 Å². The van der Waals surface area contributed by atoms with Gasteiger partial charge in [0.05, 0.1) is 0 Å². The number of hydrogen-bond acceptors (Lipinski definition) is 3. The van der Waals surface area contributed by atoms with E-state index in [1.54, 1.807) is 0 Å². The van der Waals surface area contributed by atoms with Crippen LogP contribution in [-0.2, 0) is 11.3 Å². The number of amides is 2. The molecule has 0 bridgehead atoms. The van der Waals surface area contributed by atoms with Gasteiger partial charge in [-0.3, -0.25) is 0 Å². The second-order valence-electron chi connectivity index (χ2n) is 6.48. The summed E-state index contributed by atoms with van der Waals surface area (Å²) in [5.74, 6) is -2.76. The first-order valence-electron chi connectivity index (χ1n) is 8.86. The first-order chi connectivity index (χ1) is 13.0. The number of hydrogen-bond donors (Lipinski definition) is 3. The SMILES string of the molecule is CCN(Cc1ccc(Cl)cc1)C(=O)NC1CCC(C)NC1.O=C(O)C(F)(F)F. The summed E-state index contributed by atoms with van der Waals surface area (Å²) in [7, 11) is 0. The van der Waals surface area contributed by atoms with Gasteiger partial charge in [-0.1, -0.05) is 23.7 Å². The molecular formula is C18H25ClF3N3O3. The number of benzene rings is 1. The van der Waals surface area contributed by atoms with Crippen LogP contribution in [0.3, 0.4) is 0 Å². The molecule has 0 spiro atoms. The zero-order valence-electron chi connectivity index (χ0n) is 15.7. The lowest BCUT2D eigenvalue weighted by atomic mass is 10.0. The van der Waals surface area contributed by atoms with E-state index in [4.69, 9.17) is 21.5 Å². The third kappa shape index (κ3) is 8.79. The Hall–Kier alpha value is -2.00. The monoisotopic (exact) mass is 423 g/mol. The molecule has 1 aliphatic rings. The molecular weight excluding hydrogens is 399 g/mol. The molecule has 0 radical (unpaired) electrons. The number of rotatable bonds is 4. The predicted octanol–water partition coefficient (Wildman–Crippen LogP) is 3.65. The summed E-state index contributed by atoms with van der Waals surface area (Å²) in [4.78, 5) is 23.1. The number of carboxylic acids is 1. The lowest BCUT2D eigenvalue weighted by Crippen LogP contribution is -2.52. The third-order valence-electron chi connectivity index (χ3n) is 4.19. The van der Waals surface area contributed by atoms with E-state index >= 15 is 0 Å². The molecule has 28 heavy (non-hydrogen) atoms. The molecule has 2 rings (SSSR count). The fourth-order valence-corrected chi connectivity index (χ4v) is 2.65. The van der Waals surface area contributed by atoms with Crippen molar-refractivity contribution in [1.29, 1.82) is 0 Å². The molecule has 0 saturated carbocycles. The summed E-state index contributed by atoms with van der Waals surface area (Å²) >= 11 is 5.89. The highest BCUT2D eigenvalue weighted by Gasteiger charge is 2.38. The Morgan fingerprint density at radius 1 is 1.29 bits per heavy atom. The van der Waals surface area contributed by atoms with Crippen LogP contribution in [0.15, 0.2) is 24.3 Å². The van der Waals surface area contributed by atoms with Gasteiger partial charge in [-0.25, -0.2) is 9.59 Å². The third-order valence-corrected chi connectivity index (χ3v) is 4.44. The topological polar surface area (TPSA) is 81.7 Å². The van der Waals surface area contributed by atoms with Gasteiger partial charge in [-0.15, -0.1) is 0 Å². The van der Waals surface area contributed by atoms with Crippen molar-refractivity contribution in [2.45, 2.75) is 51.5 Å². The number of carboxylic acid groups (broad SMARTS) is 1. The number of carbonyl (C=O) groups excluding carboxylic acids is 1. The molecule has 1 aromatic rings. The lowest BCUT2D eigenvalue weighted by Gasteiger charge is -2.30. The Morgan fingerprint density at radius 2 is 1.86 bits per heavy atom. The summed E-state index contributed by atoms with van der Waals surface area (Å²) in [6.45, 7) is 6.32. The molecule has 158 valence electrons. The molecule has 10 heteroatoms. The quantitative estimate of drug-likeness (QED) is 0.690. The van der Waals surface area contributed by atoms with Gasteiger partial charge >= 0.3 is 18.2 Å². The standard InChI is InChI=1S/C16H24ClN3O.C2HF3O2/c1-3-20(11-13-5-7-14(17)8-6-13)16(21)19-15-9-4-12(2)18-10-15;3-2(4,5)1(6)7/h5-8,12,15,18H,3-4,9-11H2,1-2H3,(H,19,21);(H,6,7). The molecule has 1 fully saturated rings. The highest BCUT2D eigenvalue weighted by molar-refractivity contribution is 6.30. The maximum atomic E-state index is 12.4. The van der Waals surface area contributed by atoms with Gasteiger partial charge < -0.3 is 20.6 Å². The van der Waals surface area contributed by atoms with Gasteiger partial charge in [0.15, 0.2) is 0 Å². The van der Waals surface area contributed by atoms with Crippen molar-refractivity contribution in [3.05, 3.63) is 34.9 Å². The summed E-state index contributed by atoms with van der Waals surface area (Å²) in [6, 6.07) is 8.42. The molecule has 0 aromatic heterocycles. The van der Waals surface area contributed by atoms with Crippen LogP contribution in [0.5, 0.6) is 0 Å². The van der Waals surface area contributed by atoms with Crippen molar-refractivity contribution in [1.82, 2.24) is 15.5 Å². The van der Waals surface area contributed by atoms with Gasteiger partial charge in [0, 0.05) is 36.7 Å². The molecule has 6 nitrogen and oxygen atoms in total. The van der Waals surface area contributed by atoms with Gasteiger partial charge in [0.1, 0.15) is 0 Å². The van der Waals surface area contributed by atoms with Gasteiger partial charge in [0.25, 0.3) is 0 Å². The minimum Gasteiger partial charge on any atom is -0.475 e. The van der Waals surface area contributed by atoms with Crippen LogP contribution in [-0.4, -0.2) is 53.4 Å². The van der Waals surface area contributed by atoms with Crippen molar-refractivity contribution in [3.8, 4) is 0 Å². The average molecular weight is 424 g/mol. The second-order valence-corrected chi connectivity index (χ2v) is 6.91. The fraction of sp³-hybridized carbons (Fsp3) is 0.556. The predicted molar refractivity (Wildman–Crippen MR) is 100 cm³/mol. The molecule has 1 aromatic carbocycles. The number of alkyl halides is 3. The van der Waals surface area contributed by atoms with Crippen LogP contribution >= 0.6 is 11.6 Å². The van der Waals surface area contributed by atoms with Gasteiger partial charge in [-0.2, -0.15) is 13.2 Å². The molecule has 1 aliphatic heterocycles. The number of urea groups is 1. The lowest BCUT2D eigenvalue weighted by molar-refractivity contribution is -0.192. The largest absolute Gasteiger partial charge is 0.490 e. The normalized spacial score (nSPS) is 19.2. The summed E-state index contributed by atoms with van der Waals surface area (Å²) < 4.78 is 31.7. The van der Waals surface area contributed by atoms with E-state index in [1.165, 1.54) is 0 Å². The number of piperidine rings is 1. The van der Waals surface area contributed by atoms with E-state index < -0.39 is 12.1 Å². The van der Waals surface area contributed by atoms with Crippen LogP contribution in [0.25, 0.3) is 0 Å². The van der Waals surface area contributed by atoms with Crippen LogP contribution in [0, 0.1) is 0 Å².